The van der Waals surface area contributed by atoms with Crippen molar-refractivity contribution in [2.24, 2.45) is 0 Å². The molecule has 0 radical (unpaired) electrons. The summed E-state index contributed by atoms with van der Waals surface area (Å²) in [6, 6.07) is 6.61. The van der Waals surface area contributed by atoms with E-state index in [4.69, 9.17) is 9.47 Å². The Morgan fingerprint density at radius 3 is 3.09 bits per heavy atom. The third-order valence-electron chi connectivity index (χ3n) is 3.94. The minimum atomic E-state index is -0.614. The van der Waals surface area contributed by atoms with Gasteiger partial charge in [0.1, 0.15) is 5.82 Å². The van der Waals surface area contributed by atoms with Crippen molar-refractivity contribution in [3.63, 3.8) is 0 Å². The van der Waals surface area contributed by atoms with E-state index < -0.39 is 6.10 Å². The van der Waals surface area contributed by atoms with Gasteiger partial charge in [0.25, 0.3) is 0 Å². The van der Waals surface area contributed by atoms with E-state index in [1.54, 1.807) is 12.3 Å². The van der Waals surface area contributed by atoms with Crippen molar-refractivity contribution < 1.29 is 18.7 Å². The van der Waals surface area contributed by atoms with E-state index in [1.807, 2.05) is 13.0 Å². The number of esters is 1. The van der Waals surface area contributed by atoms with Crippen LogP contribution >= 0.6 is 0 Å². The van der Waals surface area contributed by atoms with Crippen molar-refractivity contribution >= 4 is 16.9 Å². The summed E-state index contributed by atoms with van der Waals surface area (Å²) in [6.45, 7) is 3.50. The number of hydrogen-bond donors (Lipinski definition) is 0. The molecule has 2 aromatic rings. The van der Waals surface area contributed by atoms with Crippen LogP contribution in [-0.4, -0.2) is 48.3 Å². The second-order valence-corrected chi connectivity index (χ2v) is 5.79. The molecule has 0 saturated carbocycles. The van der Waals surface area contributed by atoms with Gasteiger partial charge in [-0.2, -0.15) is 0 Å². The van der Waals surface area contributed by atoms with Crippen LogP contribution in [0, 0.1) is 5.82 Å². The zero-order valence-electron chi connectivity index (χ0n) is 13.2. The van der Waals surface area contributed by atoms with Crippen LogP contribution in [0.3, 0.4) is 0 Å². The highest BCUT2D eigenvalue weighted by molar-refractivity contribution is 5.81. The van der Waals surface area contributed by atoms with Crippen LogP contribution in [0.2, 0.25) is 0 Å². The van der Waals surface area contributed by atoms with Gasteiger partial charge in [0, 0.05) is 31.2 Å². The first kappa shape index (κ1) is 15.8. The summed E-state index contributed by atoms with van der Waals surface area (Å²) in [4.78, 5) is 18.2. The molecule has 1 aliphatic heterocycles. The molecule has 5 nitrogen and oxygen atoms in total. The number of methoxy groups -OCH3 is 1. The average molecular weight is 318 g/mol. The monoisotopic (exact) mass is 318 g/mol. The number of morpholine rings is 1. The number of aromatic nitrogens is 1. The maximum absolute atomic E-state index is 13.8. The Labute approximate surface area is 134 Å². The fourth-order valence-electron chi connectivity index (χ4n) is 3.02. The number of hydrogen-bond acceptors (Lipinski definition) is 5. The molecule has 0 amide bonds. The predicted octanol–water partition coefficient (Wildman–Crippen LogP) is 2.14. The Morgan fingerprint density at radius 2 is 2.30 bits per heavy atom. The van der Waals surface area contributed by atoms with Gasteiger partial charge in [0.05, 0.1) is 18.7 Å². The zero-order valence-corrected chi connectivity index (χ0v) is 13.2. The second kappa shape index (κ2) is 6.60. The number of nitrogens with zero attached hydrogens (tertiary/aromatic N) is 2. The van der Waals surface area contributed by atoms with Gasteiger partial charge >= 0.3 is 5.97 Å². The summed E-state index contributed by atoms with van der Waals surface area (Å²) < 4.78 is 24.2. The number of ether oxygens (including phenoxy) is 2. The Bertz CT molecular complexity index is 722. The van der Waals surface area contributed by atoms with Crippen LogP contribution in [-0.2, 0) is 20.8 Å². The van der Waals surface area contributed by atoms with Crippen LogP contribution in [0.1, 0.15) is 12.5 Å². The minimum Gasteiger partial charge on any atom is -0.467 e. The molecule has 1 aliphatic rings. The van der Waals surface area contributed by atoms with Crippen molar-refractivity contribution in [3.8, 4) is 0 Å². The highest BCUT2D eigenvalue weighted by atomic mass is 19.1. The molecule has 1 aromatic carbocycles. The molecule has 2 atom stereocenters. The molecule has 0 spiro atoms. The lowest BCUT2D eigenvalue weighted by atomic mass is 10.1. The van der Waals surface area contributed by atoms with Gasteiger partial charge in [-0.15, -0.1) is 0 Å². The molecule has 1 fully saturated rings. The normalized spacial score (nSPS) is 22.2. The van der Waals surface area contributed by atoms with Gasteiger partial charge in [0.15, 0.2) is 6.10 Å². The molecule has 23 heavy (non-hydrogen) atoms. The quantitative estimate of drug-likeness (QED) is 0.812. The van der Waals surface area contributed by atoms with Gasteiger partial charge in [-0.1, -0.05) is 6.07 Å². The zero-order chi connectivity index (χ0) is 16.4. The molecular weight excluding hydrogens is 299 g/mol. The Balaban J connectivity index is 1.85. The predicted molar refractivity (Wildman–Crippen MR) is 83.3 cm³/mol. The second-order valence-electron chi connectivity index (χ2n) is 5.79. The number of benzene rings is 1. The molecule has 6 heteroatoms. The van der Waals surface area contributed by atoms with E-state index >= 15 is 0 Å². The summed E-state index contributed by atoms with van der Waals surface area (Å²) in [7, 11) is 1.35. The summed E-state index contributed by atoms with van der Waals surface area (Å²) in [5.41, 5.74) is 1.58. The smallest absolute Gasteiger partial charge is 0.336 e. The third kappa shape index (κ3) is 3.48. The average Bonchev–Trinajstić information content (AvgIpc) is 2.53. The van der Waals surface area contributed by atoms with Gasteiger partial charge in [0.2, 0.25) is 0 Å². The number of carbonyl (C=O) groups is 1. The van der Waals surface area contributed by atoms with Crippen molar-refractivity contribution in [2.75, 3.05) is 20.2 Å². The molecule has 122 valence electrons. The maximum atomic E-state index is 13.8. The Morgan fingerprint density at radius 1 is 1.48 bits per heavy atom. The molecule has 2 heterocycles. The standard InChI is InChI=1S/C17H19FN2O3/c1-11-8-20(10-15(23-11)17(21)22-2)9-13-7-14(18)6-12-4-3-5-19-16(12)13/h3-7,11,15H,8-10H2,1-2H3/t11-,15-/m1/s1. The van der Waals surface area contributed by atoms with Crippen LogP contribution in [0.25, 0.3) is 10.9 Å². The largest absolute Gasteiger partial charge is 0.467 e. The van der Waals surface area contributed by atoms with E-state index in [2.05, 4.69) is 9.88 Å². The summed E-state index contributed by atoms with van der Waals surface area (Å²) in [5.74, 6) is -0.671. The first-order valence-electron chi connectivity index (χ1n) is 7.55. The van der Waals surface area contributed by atoms with E-state index in [0.717, 1.165) is 16.5 Å². The highest BCUT2D eigenvalue weighted by Crippen LogP contribution is 2.22. The Kier molecular flexibility index (Phi) is 4.54. The van der Waals surface area contributed by atoms with E-state index in [0.29, 0.717) is 19.6 Å². The van der Waals surface area contributed by atoms with E-state index in [1.165, 1.54) is 19.2 Å². The van der Waals surface area contributed by atoms with Crippen molar-refractivity contribution in [1.82, 2.24) is 9.88 Å². The Hall–Kier alpha value is -2.05. The van der Waals surface area contributed by atoms with Crippen LogP contribution in [0.4, 0.5) is 4.39 Å². The lowest BCUT2D eigenvalue weighted by Crippen LogP contribution is -2.49. The van der Waals surface area contributed by atoms with Crippen molar-refractivity contribution in [3.05, 3.63) is 41.8 Å². The number of pyridine rings is 1. The van der Waals surface area contributed by atoms with Crippen molar-refractivity contribution in [1.29, 1.82) is 0 Å². The molecule has 1 aromatic heterocycles. The minimum absolute atomic E-state index is 0.0966. The number of halogens is 1. The number of rotatable bonds is 3. The molecular formula is C17H19FN2O3. The van der Waals surface area contributed by atoms with Crippen LogP contribution in [0.15, 0.2) is 30.5 Å². The summed E-state index contributed by atoms with van der Waals surface area (Å²) in [6.07, 6.45) is 0.986. The molecule has 0 unspecified atom stereocenters. The van der Waals surface area contributed by atoms with E-state index in [9.17, 15) is 9.18 Å². The fraction of sp³-hybridized carbons (Fsp3) is 0.412. The highest BCUT2D eigenvalue weighted by Gasteiger charge is 2.31. The van der Waals surface area contributed by atoms with Crippen LogP contribution in [0.5, 0.6) is 0 Å². The van der Waals surface area contributed by atoms with Crippen molar-refractivity contribution in [2.45, 2.75) is 25.7 Å². The SMILES string of the molecule is COC(=O)[C@H]1CN(Cc2cc(F)cc3cccnc23)C[C@@H](C)O1. The lowest BCUT2D eigenvalue weighted by molar-refractivity contribution is -0.166. The van der Waals surface area contributed by atoms with Gasteiger partial charge < -0.3 is 9.47 Å². The van der Waals surface area contributed by atoms with Gasteiger partial charge in [-0.3, -0.25) is 9.88 Å². The maximum Gasteiger partial charge on any atom is 0.336 e. The number of carbonyl (C=O) groups excluding carboxylic acids is 1. The van der Waals surface area contributed by atoms with Gasteiger partial charge in [-0.25, -0.2) is 9.18 Å². The summed E-state index contributed by atoms with van der Waals surface area (Å²) >= 11 is 0. The fourth-order valence-corrected chi connectivity index (χ4v) is 3.02. The molecule has 0 bridgehead atoms. The molecule has 1 saturated heterocycles. The molecule has 0 aliphatic carbocycles. The van der Waals surface area contributed by atoms with Crippen LogP contribution < -0.4 is 0 Å². The topological polar surface area (TPSA) is 51.7 Å². The molecule has 3 rings (SSSR count). The lowest BCUT2D eigenvalue weighted by Gasteiger charge is -2.35. The number of fused-ring (bicyclic) bond motifs is 1. The third-order valence-corrected chi connectivity index (χ3v) is 3.94. The summed E-state index contributed by atoms with van der Waals surface area (Å²) in [5, 5.41) is 0.772. The van der Waals surface area contributed by atoms with E-state index in [-0.39, 0.29) is 17.9 Å². The molecule has 0 N–H and O–H groups in total. The first-order valence-corrected chi connectivity index (χ1v) is 7.55. The van der Waals surface area contributed by atoms with Gasteiger partial charge in [-0.05, 0) is 30.7 Å². The first-order chi connectivity index (χ1) is 11.1.